The second kappa shape index (κ2) is 6.84. The molecule has 1 amide bonds. The number of hydrogen-bond acceptors (Lipinski definition) is 5. The summed E-state index contributed by atoms with van der Waals surface area (Å²) < 4.78 is 7.57. The van der Waals surface area contributed by atoms with E-state index in [1.807, 2.05) is 35.9 Å². The van der Waals surface area contributed by atoms with E-state index in [-0.39, 0.29) is 11.9 Å². The van der Waals surface area contributed by atoms with Gasteiger partial charge < -0.3 is 15.4 Å². The molecule has 2 aliphatic rings. The Hall–Kier alpha value is -2.41. The molecule has 1 aromatic heterocycles. The van der Waals surface area contributed by atoms with Crippen LogP contribution in [0.5, 0.6) is 5.75 Å². The van der Waals surface area contributed by atoms with Gasteiger partial charge in [0.05, 0.1) is 24.4 Å². The highest BCUT2D eigenvalue weighted by atomic mass is 16.5. The van der Waals surface area contributed by atoms with Gasteiger partial charge in [-0.05, 0) is 38.9 Å². The van der Waals surface area contributed by atoms with E-state index in [9.17, 15) is 4.79 Å². The van der Waals surface area contributed by atoms with E-state index in [1.54, 1.807) is 0 Å². The number of carbonyl (C=O) groups excluding carboxylic acids is 1. The molecule has 0 bridgehead atoms. The van der Waals surface area contributed by atoms with Gasteiger partial charge in [0.2, 0.25) is 0 Å². The molecule has 7 nitrogen and oxygen atoms in total. The topological polar surface area (TPSA) is 81.1 Å². The van der Waals surface area contributed by atoms with Crippen molar-refractivity contribution < 1.29 is 9.53 Å². The maximum absolute atomic E-state index is 12.8. The van der Waals surface area contributed by atoms with Gasteiger partial charge in [-0.15, -0.1) is 5.10 Å². The van der Waals surface area contributed by atoms with Crippen molar-refractivity contribution in [3.8, 4) is 5.75 Å². The molecule has 2 aliphatic heterocycles. The van der Waals surface area contributed by atoms with Crippen LogP contribution >= 0.6 is 0 Å². The van der Waals surface area contributed by atoms with Crippen LogP contribution in [0, 0.1) is 6.92 Å². The van der Waals surface area contributed by atoms with Crippen molar-refractivity contribution in [2.45, 2.75) is 38.3 Å². The summed E-state index contributed by atoms with van der Waals surface area (Å²) in [4.78, 5) is 12.8. The molecule has 3 heterocycles. The number of carbonyl (C=O) groups is 1. The van der Waals surface area contributed by atoms with Crippen molar-refractivity contribution >= 4 is 5.91 Å². The normalized spacial score (nSPS) is 20.6. The van der Waals surface area contributed by atoms with E-state index < -0.39 is 0 Å². The van der Waals surface area contributed by atoms with Crippen LogP contribution in [0.2, 0.25) is 0 Å². The molecule has 7 heteroatoms. The molecule has 132 valence electrons. The molecule has 25 heavy (non-hydrogen) atoms. The van der Waals surface area contributed by atoms with Crippen LogP contribution < -0.4 is 15.4 Å². The minimum atomic E-state index is -0.167. The first-order valence-electron chi connectivity index (χ1n) is 8.89. The van der Waals surface area contributed by atoms with Crippen LogP contribution in [0.15, 0.2) is 24.3 Å². The van der Waals surface area contributed by atoms with Gasteiger partial charge in [0.25, 0.3) is 5.91 Å². The van der Waals surface area contributed by atoms with E-state index in [0.717, 1.165) is 49.4 Å². The van der Waals surface area contributed by atoms with Gasteiger partial charge in [-0.2, -0.15) is 0 Å². The smallest absolute Gasteiger partial charge is 0.274 e. The molecule has 2 aromatic rings. The van der Waals surface area contributed by atoms with Crippen LogP contribution in [0.4, 0.5) is 0 Å². The van der Waals surface area contributed by atoms with Crippen LogP contribution in [0.1, 0.15) is 53.1 Å². The SMILES string of the molecule is Cc1c(C(=O)NC2CCOc3ccccc32)nnn1C1CCNCC1. The summed E-state index contributed by atoms with van der Waals surface area (Å²) in [5.74, 6) is 0.675. The zero-order valence-corrected chi connectivity index (χ0v) is 14.4. The first-order valence-corrected chi connectivity index (χ1v) is 8.89. The summed E-state index contributed by atoms with van der Waals surface area (Å²) >= 11 is 0. The number of rotatable bonds is 3. The Bertz CT molecular complexity index is 767. The molecule has 0 saturated carbocycles. The summed E-state index contributed by atoms with van der Waals surface area (Å²) in [6.45, 7) is 4.48. The van der Waals surface area contributed by atoms with E-state index in [2.05, 4.69) is 20.9 Å². The maximum Gasteiger partial charge on any atom is 0.274 e. The standard InChI is InChI=1S/C18H23N5O2/c1-12-17(21-22-23(12)13-6-9-19-10-7-13)18(24)20-15-8-11-25-16-5-3-2-4-14(15)16/h2-5,13,15,19H,6-11H2,1H3,(H,20,24). The van der Waals surface area contributed by atoms with E-state index in [0.29, 0.717) is 18.3 Å². The second-order valence-corrected chi connectivity index (χ2v) is 6.65. The van der Waals surface area contributed by atoms with Gasteiger partial charge in [0.15, 0.2) is 5.69 Å². The second-order valence-electron chi connectivity index (χ2n) is 6.65. The highest BCUT2D eigenvalue weighted by Crippen LogP contribution is 2.31. The molecule has 0 aliphatic carbocycles. The molecule has 1 aromatic carbocycles. The molecule has 1 saturated heterocycles. The molecule has 4 rings (SSSR count). The lowest BCUT2D eigenvalue weighted by Crippen LogP contribution is -2.33. The number of fused-ring (bicyclic) bond motifs is 1. The maximum atomic E-state index is 12.8. The molecule has 1 unspecified atom stereocenters. The van der Waals surface area contributed by atoms with Crippen LogP contribution in [0.3, 0.4) is 0 Å². The van der Waals surface area contributed by atoms with Crippen LogP contribution in [0.25, 0.3) is 0 Å². The summed E-state index contributed by atoms with van der Waals surface area (Å²) in [6.07, 6.45) is 2.78. The summed E-state index contributed by atoms with van der Waals surface area (Å²) in [5, 5.41) is 14.9. The number of benzene rings is 1. The molecular weight excluding hydrogens is 318 g/mol. The van der Waals surface area contributed by atoms with Crippen molar-refractivity contribution in [1.29, 1.82) is 0 Å². The first kappa shape index (κ1) is 16.1. The fraction of sp³-hybridized carbons (Fsp3) is 0.500. The fourth-order valence-corrected chi connectivity index (χ4v) is 3.67. The quantitative estimate of drug-likeness (QED) is 0.889. The van der Waals surface area contributed by atoms with E-state index in [1.165, 1.54) is 0 Å². The van der Waals surface area contributed by atoms with Crippen molar-refractivity contribution in [2.24, 2.45) is 0 Å². The Morgan fingerprint density at radius 1 is 1.28 bits per heavy atom. The van der Waals surface area contributed by atoms with E-state index >= 15 is 0 Å². The number of para-hydroxylation sites is 1. The van der Waals surface area contributed by atoms with Crippen molar-refractivity contribution in [1.82, 2.24) is 25.6 Å². The zero-order chi connectivity index (χ0) is 17.2. The van der Waals surface area contributed by atoms with Crippen molar-refractivity contribution in [3.05, 3.63) is 41.2 Å². The van der Waals surface area contributed by atoms with Gasteiger partial charge in [-0.3, -0.25) is 4.79 Å². The number of ether oxygens (including phenoxy) is 1. The largest absolute Gasteiger partial charge is 0.493 e. The lowest BCUT2D eigenvalue weighted by molar-refractivity contribution is 0.0919. The number of amides is 1. The van der Waals surface area contributed by atoms with Gasteiger partial charge in [0, 0.05) is 12.0 Å². The molecule has 1 fully saturated rings. The highest BCUT2D eigenvalue weighted by Gasteiger charge is 2.27. The fourth-order valence-electron chi connectivity index (χ4n) is 3.67. The average Bonchev–Trinajstić information content (AvgIpc) is 3.04. The minimum absolute atomic E-state index is 0.0547. The summed E-state index contributed by atoms with van der Waals surface area (Å²) in [5.41, 5.74) is 2.28. The Morgan fingerprint density at radius 3 is 2.92 bits per heavy atom. The third-order valence-electron chi connectivity index (χ3n) is 5.06. The Kier molecular flexibility index (Phi) is 4.40. The lowest BCUT2D eigenvalue weighted by Gasteiger charge is -2.26. The van der Waals surface area contributed by atoms with Gasteiger partial charge >= 0.3 is 0 Å². The van der Waals surface area contributed by atoms with Crippen molar-refractivity contribution in [3.63, 3.8) is 0 Å². The molecule has 0 radical (unpaired) electrons. The third kappa shape index (κ3) is 3.11. The zero-order valence-electron chi connectivity index (χ0n) is 14.4. The van der Waals surface area contributed by atoms with Crippen LogP contribution in [-0.4, -0.2) is 40.6 Å². The number of hydrogen-bond donors (Lipinski definition) is 2. The third-order valence-corrected chi connectivity index (χ3v) is 5.06. The van der Waals surface area contributed by atoms with Gasteiger partial charge in [0.1, 0.15) is 5.75 Å². The molecule has 0 spiro atoms. The Morgan fingerprint density at radius 2 is 2.08 bits per heavy atom. The Balaban J connectivity index is 1.52. The summed E-state index contributed by atoms with van der Waals surface area (Å²) in [7, 11) is 0. The minimum Gasteiger partial charge on any atom is -0.493 e. The predicted molar refractivity (Wildman–Crippen MR) is 92.7 cm³/mol. The Labute approximate surface area is 146 Å². The number of piperidine rings is 1. The number of nitrogens with one attached hydrogen (secondary N) is 2. The molecule has 2 N–H and O–H groups in total. The molecular formula is C18H23N5O2. The van der Waals surface area contributed by atoms with Gasteiger partial charge in [-0.1, -0.05) is 23.4 Å². The van der Waals surface area contributed by atoms with Crippen LogP contribution in [-0.2, 0) is 0 Å². The summed E-state index contributed by atoms with van der Waals surface area (Å²) in [6, 6.07) is 8.10. The number of aromatic nitrogens is 3. The van der Waals surface area contributed by atoms with E-state index in [4.69, 9.17) is 4.74 Å². The number of nitrogens with zero attached hydrogens (tertiary/aromatic N) is 3. The monoisotopic (exact) mass is 341 g/mol. The van der Waals surface area contributed by atoms with Gasteiger partial charge in [-0.25, -0.2) is 4.68 Å². The predicted octanol–water partition coefficient (Wildman–Crippen LogP) is 1.76. The first-order chi connectivity index (χ1) is 12.2. The lowest BCUT2D eigenvalue weighted by atomic mass is 10.0. The highest BCUT2D eigenvalue weighted by molar-refractivity contribution is 5.93. The molecule has 1 atom stereocenters. The average molecular weight is 341 g/mol. The van der Waals surface area contributed by atoms with Crippen molar-refractivity contribution in [2.75, 3.05) is 19.7 Å².